The lowest BCUT2D eigenvalue weighted by molar-refractivity contribution is -0.167. The van der Waals surface area contributed by atoms with Crippen molar-refractivity contribution in [3.8, 4) is 0 Å². The van der Waals surface area contributed by atoms with Crippen LogP contribution in [0, 0.1) is 0 Å². The highest BCUT2D eigenvalue weighted by Crippen LogP contribution is 2.16. The third-order valence-electron chi connectivity index (χ3n) is 11.4. The maximum atomic E-state index is 12.7. The van der Waals surface area contributed by atoms with Crippen LogP contribution < -0.4 is 0 Å². The molecular weight excluding hydrogens is 697 g/mol. The number of esters is 3. The Labute approximate surface area is 348 Å². The Morgan fingerprint density at radius 3 is 0.714 bits per heavy atom. The fraction of sp³-hybridized carbons (Fsp3) is 0.940. The molecule has 0 saturated heterocycles. The first-order valence-corrected chi connectivity index (χ1v) is 25.0. The highest BCUT2D eigenvalue weighted by molar-refractivity contribution is 5.71. The van der Waals surface area contributed by atoms with Gasteiger partial charge in [-0.25, -0.2) is 0 Å². The van der Waals surface area contributed by atoms with Crippen LogP contribution in [0.3, 0.4) is 0 Å². The van der Waals surface area contributed by atoms with E-state index in [-0.39, 0.29) is 31.1 Å². The molecule has 0 N–H and O–H groups in total. The zero-order valence-corrected chi connectivity index (χ0v) is 37.9. The number of hydrogen-bond donors (Lipinski definition) is 0. The molecule has 0 bridgehead atoms. The van der Waals surface area contributed by atoms with Gasteiger partial charge in [0.25, 0.3) is 0 Å². The van der Waals surface area contributed by atoms with Crippen LogP contribution in [0.15, 0.2) is 0 Å². The van der Waals surface area contributed by atoms with Crippen molar-refractivity contribution in [2.75, 3.05) is 13.2 Å². The fourth-order valence-electron chi connectivity index (χ4n) is 7.56. The summed E-state index contributed by atoms with van der Waals surface area (Å²) in [6.45, 7) is 6.65. The van der Waals surface area contributed by atoms with Crippen molar-refractivity contribution in [1.29, 1.82) is 0 Å². The molecule has 0 fully saturated rings. The first-order valence-electron chi connectivity index (χ1n) is 25.0. The lowest BCUT2D eigenvalue weighted by Gasteiger charge is -2.18. The number of ether oxygens (including phenoxy) is 3. The van der Waals surface area contributed by atoms with E-state index in [1.807, 2.05) is 0 Å². The number of carbonyl (C=O) groups is 3. The van der Waals surface area contributed by atoms with Crippen molar-refractivity contribution >= 4 is 17.9 Å². The van der Waals surface area contributed by atoms with E-state index in [1.54, 1.807) is 0 Å². The van der Waals surface area contributed by atoms with Gasteiger partial charge in [0.2, 0.25) is 0 Å². The van der Waals surface area contributed by atoms with Crippen LogP contribution in [0.5, 0.6) is 0 Å². The predicted molar refractivity (Wildman–Crippen MR) is 238 cm³/mol. The van der Waals surface area contributed by atoms with E-state index in [2.05, 4.69) is 20.8 Å². The van der Waals surface area contributed by atoms with Gasteiger partial charge in [-0.2, -0.15) is 0 Å². The lowest BCUT2D eigenvalue weighted by Crippen LogP contribution is -2.30. The molecule has 0 aliphatic rings. The Balaban J connectivity index is 4.22. The van der Waals surface area contributed by atoms with E-state index >= 15 is 0 Å². The summed E-state index contributed by atoms with van der Waals surface area (Å²) in [5.41, 5.74) is 0. The minimum Gasteiger partial charge on any atom is -0.462 e. The summed E-state index contributed by atoms with van der Waals surface area (Å²) < 4.78 is 16.7. The molecule has 6 nitrogen and oxygen atoms in total. The SMILES string of the molecule is CCCCCCCCCCCCCCCCCCCC(=O)OC[C@@H](COC(=O)CCCCCCCCCCCCCC)OC(=O)CCCCCCCCCCC. The topological polar surface area (TPSA) is 78.9 Å². The molecule has 0 aromatic rings. The van der Waals surface area contributed by atoms with E-state index in [9.17, 15) is 14.4 Å². The van der Waals surface area contributed by atoms with Crippen LogP contribution in [0.4, 0.5) is 0 Å². The van der Waals surface area contributed by atoms with E-state index in [0.29, 0.717) is 19.3 Å². The van der Waals surface area contributed by atoms with Crippen molar-refractivity contribution in [2.45, 2.75) is 290 Å². The van der Waals surface area contributed by atoms with Gasteiger partial charge in [-0.15, -0.1) is 0 Å². The van der Waals surface area contributed by atoms with Crippen LogP contribution in [0.2, 0.25) is 0 Å². The van der Waals surface area contributed by atoms with Crippen LogP contribution in [-0.2, 0) is 28.6 Å². The average Bonchev–Trinajstić information content (AvgIpc) is 3.19. The van der Waals surface area contributed by atoms with Crippen molar-refractivity contribution in [3.63, 3.8) is 0 Å². The third kappa shape index (κ3) is 43.5. The molecule has 0 amide bonds. The van der Waals surface area contributed by atoms with Crippen molar-refractivity contribution in [2.24, 2.45) is 0 Å². The average molecular weight is 793 g/mol. The largest absolute Gasteiger partial charge is 0.462 e. The normalized spacial score (nSPS) is 11.8. The molecule has 0 spiro atoms. The lowest BCUT2D eigenvalue weighted by atomic mass is 10.0. The first-order chi connectivity index (χ1) is 27.5. The number of rotatable bonds is 46. The standard InChI is InChI=1S/C50H96O6/c1-4-7-10-13-16-19-21-23-24-25-26-27-29-32-34-37-40-43-49(52)55-46-47(56-50(53)44-41-38-35-30-18-15-12-9-6-3)45-54-48(51)42-39-36-33-31-28-22-20-17-14-11-8-5-2/h47H,4-46H2,1-3H3/t47-/m1/s1. The van der Waals surface area contributed by atoms with Gasteiger partial charge in [0.05, 0.1) is 0 Å². The summed E-state index contributed by atoms with van der Waals surface area (Å²) in [6, 6.07) is 0. The highest BCUT2D eigenvalue weighted by Gasteiger charge is 2.19. The van der Waals surface area contributed by atoms with Gasteiger partial charge in [0.1, 0.15) is 13.2 Å². The van der Waals surface area contributed by atoms with Crippen LogP contribution >= 0.6 is 0 Å². The Bertz CT molecular complexity index is 828. The molecule has 0 radical (unpaired) electrons. The van der Waals surface area contributed by atoms with Gasteiger partial charge in [0, 0.05) is 19.3 Å². The molecule has 332 valence electrons. The van der Waals surface area contributed by atoms with E-state index in [0.717, 1.165) is 57.8 Å². The van der Waals surface area contributed by atoms with Gasteiger partial charge in [-0.3, -0.25) is 14.4 Å². The van der Waals surface area contributed by atoms with Crippen molar-refractivity contribution in [3.05, 3.63) is 0 Å². The molecule has 1 atom stereocenters. The second kappa shape index (κ2) is 46.1. The van der Waals surface area contributed by atoms with Crippen LogP contribution in [0.1, 0.15) is 284 Å². The molecule has 0 rings (SSSR count). The molecule has 0 aliphatic carbocycles. The molecule has 6 heteroatoms. The molecule has 56 heavy (non-hydrogen) atoms. The maximum absolute atomic E-state index is 12.7. The number of hydrogen-bond acceptors (Lipinski definition) is 6. The van der Waals surface area contributed by atoms with Gasteiger partial charge in [-0.05, 0) is 19.3 Å². The molecule has 0 saturated carbocycles. The summed E-state index contributed by atoms with van der Waals surface area (Å²) >= 11 is 0. The second-order valence-corrected chi connectivity index (χ2v) is 17.1. The quantitative estimate of drug-likeness (QED) is 0.0347. The molecule has 0 aromatic heterocycles. The van der Waals surface area contributed by atoms with Crippen LogP contribution in [0.25, 0.3) is 0 Å². The molecule has 0 unspecified atom stereocenters. The van der Waals surface area contributed by atoms with Crippen molar-refractivity contribution < 1.29 is 28.6 Å². The molecule has 0 heterocycles. The van der Waals surface area contributed by atoms with Gasteiger partial charge >= 0.3 is 17.9 Å². The van der Waals surface area contributed by atoms with Crippen LogP contribution in [-0.4, -0.2) is 37.2 Å². The summed E-state index contributed by atoms with van der Waals surface area (Å²) in [6.07, 6.45) is 48.0. The molecule has 0 aliphatic heterocycles. The first kappa shape index (κ1) is 54.4. The third-order valence-corrected chi connectivity index (χ3v) is 11.4. The minimum atomic E-state index is -0.758. The van der Waals surface area contributed by atoms with Crippen molar-refractivity contribution in [1.82, 2.24) is 0 Å². The molecule has 0 aromatic carbocycles. The fourth-order valence-corrected chi connectivity index (χ4v) is 7.56. The monoisotopic (exact) mass is 793 g/mol. The smallest absolute Gasteiger partial charge is 0.306 e. The van der Waals surface area contributed by atoms with E-state index in [1.165, 1.54) is 186 Å². The number of carbonyl (C=O) groups excluding carboxylic acids is 3. The Kier molecular flexibility index (Phi) is 44.8. The second-order valence-electron chi connectivity index (χ2n) is 17.1. The summed E-state index contributed by atoms with van der Waals surface area (Å²) in [5.74, 6) is -0.847. The van der Waals surface area contributed by atoms with Gasteiger partial charge in [-0.1, -0.05) is 245 Å². The minimum absolute atomic E-state index is 0.0623. The van der Waals surface area contributed by atoms with E-state index in [4.69, 9.17) is 14.2 Å². The van der Waals surface area contributed by atoms with Gasteiger partial charge in [0.15, 0.2) is 6.10 Å². The Morgan fingerprint density at radius 1 is 0.286 bits per heavy atom. The highest BCUT2D eigenvalue weighted by atomic mass is 16.6. The molecular formula is C50H96O6. The Hall–Kier alpha value is -1.59. The predicted octanol–water partition coefficient (Wildman–Crippen LogP) is 16.0. The summed E-state index contributed by atoms with van der Waals surface area (Å²) in [7, 11) is 0. The maximum Gasteiger partial charge on any atom is 0.306 e. The summed E-state index contributed by atoms with van der Waals surface area (Å²) in [5, 5.41) is 0. The number of unbranched alkanes of at least 4 members (excludes halogenated alkanes) is 35. The zero-order valence-electron chi connectivity index (χ0n) is 37.9. The van der Waals surface area contributed by atoms with Gasteiger partial charge < -0.3 is 14.2 Å². The Morgan fingerprint density at radius 2 is 0.482 bits per heavy atom. The summed E-state index contributed by atoms with van der Waals surface area (Å²) in [4.78, 5) is 37.8. The van der Waals surface area contributed by atoms with E-state index < -0.39 is 6.10 Å². The zero-order chi connectivity index (χ0) is 40.8.